The smallest absolute Gasteiger partial charge is 0.188 e. The third kappa shape index (κ3) is 5.03. The average molecular weight is 311 g/mol. The van der Waals surface area contributed by atoms with E-state index in [-0.39, 0.29) is 6.79 Å². The quantitative estimate of drug-likeness (QED) is 0.601. The van der Waals surface area contributed by atoms with Gasteiger partial charge in [-0.2, -0.15) is 0 Å². The molecular weight excluding hydrogens is 290 g/mol. The maximum Gasteiger partial charge on any atom is 0.188 e. The molecule has 0 atom stereocenters. The summed E-state index contributed by atoms with van der Waals surface area (Å²) in [5, 5.41) is 3.40. The molecule has 1 N–H and O–H groups in total. The summed E-state index contributed by atoms with van der Waals surface area (Å²) in [6.45, 7) is 1.62. The number of hydrogen-bond donors (Lipinski definition) is 1. The Morgan fingerprint density at radius 2 is 1.83 bits per heavy atom. The molecule has 120 valence electrons. The Kier molecular flexibility index (Phi) is 6.49. The lowest BCUT2D eigenvalue weighted by molar-refractivity contribution is 0.0503. The predicted octanol–water partition coefficient (Wildman–Crippen LogP) is 2.95. The van der Waals surface area contributed by atoms with E-state index in [1.54, 1.807) is 14.2 Å². The zero-order valence-electron chi connectivity index (χ0n) is 13.5. The van der Waals surface area contributed by atoms with E-state index in [1.807, 2.05) is 42.5 Å². The van der Waals surface area contributed by atoms with Gasteiger partial charge in [0.05, 0.1) is 7.11 Å². The summed E-state index contributed by atoms with van der Waals surface area (Å²) in [6, 6.07) is 13.6. The molecule has 2 rings (SSSR count). The van der Waals surface area contributed by atoms with Crippen LogP contribution in [0.25, 0.3) is 0 Å². The summed E-state index contributed by atoms with van der Waals surface area (Å²) in [4.78, 5) is 0. The number of rotatable bonds is 8. The van der Waals surface area contributed by atoms with Gasteiger partial charge in [0.25, 0.3) is 0 Å². The van der Waals surface area contributed by atoms with Gasteiger partial charge in [-0.1, -0.05) is 18.1 Å². The van der Waals surface area contributed by atoms with Crippen molar-refractivity contribution in [1.82, 2.24) is 5.32 Å². The maximum atomic E-state index is 5.58. The second-order valence-electron chi connectivity index (χ2n) is 4.97. The van der Waals surface area contributed by atoms with E-state index in [0.717, 1.165) is 29.2 Å². The van der Waals surface area contributed by atoms with E-state index in [4.69, 9.17) is 20.6 Å². The third-order valence-electron chi connectivity index (χ3n) is 3.37. The van der Waals surface area contributed by atoms with Gasteiger partial charge in [-0.25, -0.2) is 0 Å². The van der Waals surface area contributed by atoms with Gasteiger partial charge in [0.2, 0.25) is 0 Å². The first-order chi connectivity index (χ1) is 11.3. The monoisotopic (exact) mass is 311 g/mol. The highest BCUT2D eigenvalue weighted by Gasteiger charge is 2.06. The highest BCUT2D eigenvalue weighted by atomic mass is 16.7. The standard InChI is InChI=1S/C19H21NO3/c1-4-15-5-7-16(8-6-15)12-20-13-17-11-18(22-3)9-10-19(17)23-14-21-2/h1,5-11,20H,12-14H2,2-3H3. The first kappa shape index (κ1) is 16.9. The van der Waals surface area contributed by atoms with E-state index in [9.17, 15) is 0 Å². The zero-order chi connectivity index (χ0) is 16.5. The van der Waals surface area contributed by atoms with Crippen molar-refractivity contribution in [2.75, 3.05) is 21.0 Å². The van der Waals surface area contributed by atoms with Crippen LogP contribution in [0, 0.1) is 12.3 Å². The molecule has 0 aromatic heterocycles. The molecule has 0 bridgehead atoms. The molecule has 4 heteroatoms. The Bertz CT molecular complexity index is 659. The molecule has 4 nitrogen and oxygen atoms in total. The second-order valence-corrected chi connectivity index (χ2v) is 4.97. The molecule has 0 heterocycles. The second kappa shape index (κ2) is 8.84. The molecular formula is C19H21NO3. The van der Waals surface area contributed by atoms with Crippen molar-refractivity contribution in [3.05, 3.63) is 59.2 Å². The Balaban J connectivity index is 1.98. The average Bonchev–Trinajstić information content (AvgIpc) is 2.61. The zero-order valence-corrected chi connectivity index (χ0v) is 13.5. The molecule has 2 aromatic rings. The van der Waals surface area contributed by atoms with Crippen molar-refractivity contribution in [2.24, 2.45) is 0 Å². The molecule has 0 saturated heterocycles. The van der Waals surface area contributed by atoms with Crippen molar-refractivity contribution in [3.8, 4) is 23.8 Å². The van der Waals surface area contributed by atoms with Gasteiger partial charge >= 0.3 is 0 Å². The first-order valence-electron chi connectivity index (χ1n) is 7.31. The summed E-state index contributed by atoms with van der Waals surface area (Å²) < 4.78 is 15.8. The lowest BCUT2D eigenvalue weighted by Crippen LogP contribution is -2.14. The van der Waals surface area contributed by atoms with Crippen LogP contribution in [-0.4, -0.2) is 21.0 Å². The van der Waals surface area contributed by atoms with Crippen LogP contribution in [0.4, 0.5) is 0 Å². The minimum Gasteiger partial charge on any atom is -0.497 e. The van der Waals surface area contributed by atoms with Gasteiger partial charge in [0, 0.05) is 31.3 Å². The minimum absolute atomic E-state index is 0.215. The molecule has 2 aromatic carbocycles. The van der Waals surface area contributed by atoms with Crippen molar-refractivity contribution >= 4 is 0 Å². The van der Waals surface area contributed by atoms with Crippen molar-refractivity contribution in [3.63, 3.8) is 0 Å². The first-order valence-corrected chi connectivity index (χ1v) is 7.31. The molecule has 0 radical (unpaired) electrons. The number of ether oxygens (including phenoxy) is 3. The molecule has 0 aliphatic heterocycles. The molecule has 0 fully saturated rings. The topological polar surface area (TPSA) is 39.7 Å². The normalized spacial score (nSPS) is 10.1. The van der Waals surface area contributed by atoms with Crippen LogP contribution in [-0.2, 0) is 17.8 Å². The molecule has 0 unspecified atom stereocenters. The van der Waals surface area contributed by atoms with Gasteiger partial charge in [-0.3, -0.25) is 0 Å². The molecule has 0 aliphatic carbocycles. The molecule has 0 saturated carbocycles. The lowest BCUT2D eigenvalue weighted by Gasteiger charge is -2.13. The van der Waals surface area contributed by atoms with Gasteiger partial charge in [-0.15, -0.1) is 6.42 Å². The Morgan fingerprint density at radius 3 is 2.48 bits per heavy atom. The predicted molar refractivity (Wildman–Crippen MR) is 90.4 cm³/mol. The van der Waals surface area contributed by atoms with Crippen LogP contribution in [0.1, 0.15) is 16.7 Å². The Morgan fingerprint density at radius 1 is 1.04 bits per heavy atom. The molecule has 0 amide bonds. The van der Waals surface area contributed by atoms with Gasteiger partial charge in [-0.05, 0) is 35.9 Å². The van der Waals surface area contributed by atoms with E-state index in [1.165, 1.54) is 5.56 Å². The number of hydrogen-bond acceptors (Lipinski definition) is 4. The van der Waals surface area contributed by atoms with Crippen molar-refractivity contribution in [2.45, 2.75) is 13.1 Å². The number of terminal acetylenes is 1. The SMILES string of the molecule is C#Cc1ccc(CNCc2cc(OC)ccc2OCOC)cc1. The van der Waals surface area contributed by atoms with E-state index in [0.29, 0.717) is 6.54 Å². The summed E-state index contributed by atoms with van der Waals surface area (Å²) in [7, 11) is 3.25. The summed E-state index contributed by atoms with van der Waals surface area (Å²) in [5.41, 5.74) is 3.07. The largest absolute Gasteiger partial charge is 0.497 e. The van der Waals surface area contributed by atoms with E-state index < -0.39 is 0 Å². The Hall–Kier alpha value is -2.48. The van der Waals surface area contributed by atoms with Crippen molar-refractivity contribution in [1.29, 1.82) is 0 Å². The highest BCUT2D eigenvalue weighted by molar-refractivity contribution is 5.40. The minimum atomic E-state index is 0.215. The fraction of sp³-hybridized carbons (Fsp3) is 0.263. The molecule has 0 aliphatic rings. The summed E-state index contributed by atoms with van der Waals surface area (Å²) in [5.74, 6) is 4.19. The lowest BCUT2D eigenvalue weighted by atomic mass is 10.1. The van der Waals surface area contributed by atoms with Gasteiger partial charge in [0.15, 0.2) is 6.79 Å². The van der Waals surface area contributed by atoms with Gasteiger partial charge in [0.1, 0.15) is 11.5 Å². The van der Waals surface area contributed by atoms with Crippen molar-refractivity contribution < 1.29 is 14.2 Å². The third-order valence-corrected chi connectivity index (χ3v) is 3.37. The molecule has 23 heavy (non-hydrogen) atoms. The number of nitrogens with one attached hydrogen (secondary N) is 1. The number of benzene rings is 2. The Labute approximate surface area is 137 Å². The van der Waals surface area contributed by atoms with Crippen LogP contribution in [0.5, 0.6) is 11.5 Å². The highest BCUT2D eigenvalue weighted by Crippen LogP contribution is 2.24. The van der Waals surface area contributed by atoms with Crippen LogP contribution in [0.2, 0.25) is 0 Å². The summed E-state index contributed by atoms with van der Waals surface area (Å²) in [6.07, 6.45) is 5.36. The van der Waals surface area contributed by atoms with Crippen LogP contribution < -0.4 is 14.8 Å². The van der Waals surface area contributed by atoms with Crippen LogP contribution in [0.15, 0.2) is 42.5 Å². The fourth-order valence-corrected chi connectivity index (χ4v) is 2.14. The van der Waals surface area contributed by atoms with E-state index in [2.05, 4.69) is 11.2 Å². The molecule has 0 spiro atoms. The van der Waals surface area contributed by atoms with Crippen LogP contribution in [0.3, 0.4) is 0 Å². The van der Waals surface area contributed by atoms with Gasteiger partial charge < -0.3 is 19.5 Å². The maximum absolute atomic E-state index is 5.58. The fourth-order valence-electron chi connectivity index (χ4n) is 2.14. The van der Waals surface area contributed by atoms with Crippen LogP contribution >= 0.6 is 0 Å². The summed E-state index contributed by atoms with van der Waals surface area (Å²) >= 11 is 0. The number of methoxy groups -OCH3 is 2. The van der Waals surface area contributed by atoms with E-state index >= 15 is 0 Å².